The highest BCUT2D eigenvalue weighted by atomic mass is 16.5. The highest BCUT2D eigenvalue weighted by Gasteiger charge is 1.93. The molecule has 0 radical (unpaired) electrons. The Balaban J connectivity index is 2.88. The van der Waals surface area contributed by atoms with Crippen molar-refractivity contribution in [3.05, 3.63) is 0 Å². The maximum absolute atomic E-state index is 8.48. The van der Waals surface area contributed by atoms with Crippen molar-refractivity contribution in [2.45, 2.75) is 32.6 Å². The zero-order chi connectivity index (χ0) is 14.0. The Morgan fingerprint density at radius 1 is 0.579 bits per heavy atom. The number of aliphatic hydroxyl groups is 1. The van der Waals surface area contributed by atoms with E-state index >= 15 is 0 Å². The Hall–Kier alpha value is -0.200. The van der Waals surface area contributed by atoms with Crippen molar-refractivity contribution in [3.8, 4) is 0 Å². The molecule has 0 aliphatic carbocycles. The molecule has 116 valence electrons. The summed E-state index contributed by atoms with van der Waals surface area (Å²) < 4.78 is 21.2. The van der Waals surface area contributed by atoms with Gasteiger partial charge in [0, 0.05) is 19.8 Å². The monoisotopic (exact) mass is 278 g/mol. The first-order valence-corrected chi connectivity index (χ1v) is 7.33. The van der Waals surface area contributed by atoms with Gasteiger partial charge in [-0.15, -0.1) is 0 Å². The predicted molar refractivity (Wildman–Crippen MR) is 74.5 cm³/mol. The molecule has 0 bridgehead atoms. The molecule has 0 amide bonds. The molecule has 0 fully saturated rings. The predicted octanol–water partition coefficient (Wildman–Crippen LogP) is 1.63. The molecule has 0 saturated carbocycles. The molecule has 0 rings (SSSR count). The second-order valence-corrected chi connectivity index (χ2v) is 4.23. The number of hydrogen-bond acceptors (Lipinski definition) is 5. The van der Waals surface area contributed by atoms with Crippen molar-refractivity contribution in [3.63, 3.8) is 0 Å². The summed E-state index contributed by atoms with van der Waals surface area (Å²) in [4.78, 5) is 0. The second-order valence-electron chi connectivity index (χ2n) is 4.23. The molecule has 0 aliphatic rings. The highest BCUT2D eigenvalue weighted by Crippen LogP contribution is 1.94. The van der Waals surface area contributed by atoms with E-state index in [0.29, 0.717) is 33.0 Å². The van der Waals surface area contributed by atoms with E-state index in [-0.39, 0.29) is 6.61 Å². The molecule has 0 saturated heterocycles. The van der Waals surface area contributed by atoms with Crippen LogP contribution < -0.4 is 0 Å². The average molecular weight is 278 g/mol. The van der Waals surface area contributed by atoms with E-state index in [9.17, 15) is 0 Å². The molecule has 0 atom stereocenters. The Kier molecular flexibility index (Phi) is 17.6. The quantitative estimate of drug-likeness (QED) is 0.435. The third kappa shape index (κ3) is 17.8. The summed E-state index contributed by atoms with van der Waals surface area (Å²) in [5.41, 5.74) is 0. The van der Waals surface area contributed by atoms with Crippen molar-refractivity contribution < 1.29 is 24.1 Å². The Morgan fingerprint density at radius 2 is 1.00 bits per heavy atom. The molecule has 0 unspecified atom stereocenters. The number of rotatable bonds is 16. The van der Waals surface area contributed by atoms with Gasteiger partial charge in [-0.1, -0.05) is 13.3 Å². The SMILES string of the molecule is CCCCOCCCCOCCOCCOCCO. The molecule has 19 heavy (non-hydrogen) atoms. The fraction of sp³-hybridized carbons (Fsp3) is 1.00. The third-order valence-electron chi connectivity index (χ3n) is 2.45. The number of ether oxygens (including phenoxy) is 4. The van der Waals surface area contributed by atoms with Gasteiger partial charge in [-0.2, -0.15) is 0 Å². The molecule has 0 aromatic carbocycles. The topological polar surface area (TPSA) is 57.2 Å². The fourth-order valence-corrected chi connectivity index (χ4v) is 1.36. The van der Waals surface area contributed by atoms with Crippen molar-refractivity contribution in [2.24, 2.45) is 0 Å². The summed E-state index contributed by atoms with van der Waals surface area (Å²) in [7, 11) is 0. The lowest BCUT2D eigenvalue weighted by molar-refractivity contribution is 0.00640. The van der Waals surface area contributed by atoms with E-state index in [4.69, 9.17) is 24.1 Å². The van der Waals surface area contributed by atoms with Crippen LogP contribution in [-0.4, -0.2) is 64.6 Å². The van der Waals surface area contributed by atoms with Gasteiger partial charge in [0.2, 0.25) is 0 Å². The maximum atomic E-state index is 8.48. The van der Waals surface area contributed by atoms with Gasteiger partial charge in [0.05, 0.1) is 39.6 Å². The molecule has 0 aromatic rings. The van der Waals surface area contributed by atoms with E-state index in [1.54, 1.807) is 0 Å². The first-order chi connectivity index (χ1) is 9.41. The van der Waals surface area contributed by atoms with Gasteiger partial charge in [-0.05, 0) is 19.3 Å². The summed E-state index contributed by atoms with van der Waals surface area (Å²) in [6.07, 6.45) is 4.43. The molecular weight excluding hydrogens is 248 g/mol. The normalized spacial score (nSPS) is 11.1. The van der Waals surface area contributed by atoms with Crippen LogP contribution in [0.15, 0.2) is 0 Å². The lowest BCUT2D eigenvalue weighted by atomic mass is 10.3. The summed E-state index contributed by atoms with van der Waals surface area (Å²) in [6, 6.07) is 0. The Morgan fingerprint density at radius 3 is 1.53 bits per heavy atom. The van der Waals surface area contributed by atoms with Gasteiger partial charge in [0.15, 0.2) is 0 Å². The van der Waals surface area contributed by atoms with Crippen LogP contribution in [0.5, 0.6) is 0 Å². The van der Waals surface area contributed by atoms with E-state index in [1.165, 1.54) is 6.42 Å². The summed E-state index contributed by atoms with van der Waals surface area (Å²) >= 11 is 0. The van der Waals surface area contributed by atoms with Gasteiger partial charge >= 0.3 is 0 Å². The summed E-state index contributed by atoms with van der Waals surface area (Å²) in [5.74, 6) is 0. The van der Waals surface area contributed by atoms with Gasteiger partial charge in [-0.25, -0.2) is 0 Å². The van der Waals surface area contributed by atoms with Crippen LogP contribution in [0.3, 0.4) is 0 Å². The first kappa shape index (κ1) is 18.8. The Labute approximate surface area is 117 Å². The lowest BCUT2D eigenvalue weighted by Crippen LogP contribution is -2.11. The largest absolute Gasteiger partial charge is 0.394 e. The van der Waals surface area contributed by atoms with Crippen LogP contribution in [0, 0.1) is 0 Å². The maximum Gasteiger partial charge on any atom is 0.0701 e. The molecule has 0 aromatic heterocycles. The molecule has 1 N–H and O–H groups in total. The zero-order valence-corrected chi connectivity index (χ0v) is 12.3. The van der Waals surface area contributed by atoms with Gasteiger partial charge < -0.3 is 24.1 Å². The lowest BCUT2D eigenvalue weighted by Gasteiger charge is -2.06. The fourth-order valence-electron chi connectivity index (χ4n) is 1.36. The summed E-state index contributed by atoms with van der Waals surface area (Å²) in [6.45, 7) is 7.37. The van der Waals surface area contributed by atoms with Crippen LogP contribution in [0.1, 0.15) is 32.6 Å². The average Bonchev–Trinajstić information content (AvgIpc) is 2.43. The van der Waals surface area contributed by atoms with E-state index in [2.05, 4.69) is 6.92 Å². The van der Waals surface area contributed by atoms with Crippen LogP contribution in [-0.2, 0) is 18.9 Å². The van der Waals surface area contributed by atoms with Crippen molar-refractivity contribution in [1.82, 2.24) is 0 Å². The number of aliphatic hydroxyl groups excluding tert-OH is 1. The van der Waals surface area contributed by atoms with Crippen molar-refractivity contribution >= 4 is 0 Å². The molecule has 0 spiro atoms. The number of hydrogen-bond donors (Lipinski definition) is 1. The highest BCUT2D eigenvalue weighted by molar-refractivity contribution is 4.40. The van der Waals surface area contributed by atoms with E-state index in [1.807, 2.05) is 0 Å². The van der Waals surface area contributed by atoms with E-state index in [0.717, 1.165) is 39.1 Å². The molecular formula is C14H30O5. The molecule has 5 nitrogen and oxygen atoms in total. The molecule has 0 heterocycles. The van der Waals surface area contributed by atoms with Crippen LogP contribution >= 0.6 is 0 Å². The van der Waals surface area contributed by atoms with Crippen LogP contribution in [0.25, 0.3) is 0 Å². The van der Waals surface area contributed by atoms with Crippen molar-refractivity contribution in [1.29, 1.82) is 0 Å². The van der Waals surface area contributed by atoms with Gasteiger partial charge in [0.1, 0.15) is 0 Å². The molecule has 5 heteroatoms. The minimum Gasteiger partial charge on any atom is -0.394 e. The smallest absolute Gasteiger partial charge is 0.0701 e. The summed E-state index contributed by atoms with van der Waals surface area (Å²) in [5, 5.41) is 8.48. The van der Waals surface area contributed by atoms with Gasteiger partial charge in [-0.3, -0.25) is 0 Å². The zero-order valence-electron chi connectivity index (χ0n) is 12.3. The Bertz CT molecular complexity index is 139. The molecule has 0 aliphatic heterocycles. The standard InChI is InChI=1S/C14H30O5/c1-2-3-7-16-8-4-5-9-17-11-13-19-14-12-18-10-6-15/h15H,2-14H2,1H3. The number of unbranched alkanes of at least 4 members (excludes halogenated alkanes) is 2. The van der Waals surface area contributed by atoms with Gasteiger partial charge in [0.25, 0.3) is 0 Å². The van der Waals surface area contributed by atoms with Crippen molar-refractivity contribution in [2.75, 3.05) is 59.5 Å². The van der Waals surface area contributed by atoms with Crippen LogP contribution in [0.2, 0.25) is 0 Å². The first-order valence-electron chi connectivity index (χ1n) is 7.33. The second kappa shape index (κ2) is 17.8. The minimum atomic E-state index is 0.0608. The third-order valence-corrected chi connectivity index (χ3v) is 2.45. The minimum absolute atomic E-state index is 0.0608. The van der Waals surface area contributed by atoms with E-state index < -0.39 is 0 Å². The van der Waals surface area contributed by atoms with Crippen LogP contribution in [0.4, 0.5) is 0 Å².